The SMILES string of the molecule is COc1ccc(C(=O)N2CC(C)(N)C2)c(OC)c1. The Bertz CT molecular complexity index is 463. The van der Waals surface area contributed by atoms with Gasteiger partial charge < -0.3 is 20.1 Å². The van der Waals surface area contributed by atoms with Crippen molar-refractivity contribution in [2.24, 2.45) is 5.73 Å². The van der Waals surface area contributed by atoms with Gasteiger partial charge in [-0.2, -0.15) is 0 Å². The summed E-state index contributed by atoms with van der Waals surface area (Å²) >= 11 is 0. The second-order valence-electron chi connectivity index (χ2n) is 4.88. The minimum absolute atomic E-state index is 0.0579. The highest BCUT2D eigenvalue weighted by Gasteiger charge is 2.38. The molecule has 0 unspecified atom stereocenters. The van der Waals surface area contributed by atoms with Crippen LogP contribution in [0.25, 0.3) is 0 Å². The fourth-order valence-corrected chi connectivity index (χ4v) is 2.11. The number of nitrogens with two attached hydrogens (primary N) is 1. The van der Waals surface area contributed by atoms with E-state index in [9.17, 15) is 4.79 Å². The lowest BCUT2D eigenvalue weighted by Gasteiger charge is -2.45. The molecule has 2 N–H and O–H groups in total. The molecule has 1 aromatic rings. The van der Waals surface area contributed by atoms with Gasteiger partial charge >= 0.3 is 0 Å². The van der Waals surface area contributed by atoms with Crippen LogP contribution >= 0.6 is 0 Å². The number of nitrogens with zero attached hydrogens (tertiary/aromatic N) is 1. The second kappa shape index (κ2) is 4.49. The summed E-state index contributed by atoms with van der Waals surface area (Å²) in [6.07, 6.45) is 0. The summed E-state index contributed by atoms with van der Waals surface area (Å²) in [5.41, 5.74) is 6.17. The monoisotopic (exact) mass is 250 g/mol. The first-order valence-corrected chi connectivity index (χ1v) is 5.77. The van der Waals surface area contributed by atoms with Crippen LogP contribution in [0.15, 0.2) is 18.2 Å². The first-order chi connectivity index (χ1) is 8.46. The normalized spacial score (nSPS) is 17.0. The van der Waals surface area contributed by atoms with Gasteiger partial charge in [0, 0.05) is 24.7 Å². The average Bonchev–Trinajstić information content (AvgIpc) is 2.34. The van der Waals surface area contributed by atoms with Crippen molar-refractivity contribution in [3.8, 4) is 11.5 Å². The molecule has 1 aliphatic heterocycles. The largest absolute Gasteiger partial charge is 0.497 e. The van der Waals surface area contributed by atoms with Crippen molar-refractivity contribution in [2.45, 2.75) is 12.5 Å². The van der Waals surface area contributed by atoms with Crippen LogP contribution in [-0.2, 0) is 0 Å². The van der Waals surface area contributed by atoms with Crippen molar-refractivity contribution in [3.05, 3.63) is 23.8 Å². The molecule has 1 aliphatic rings. The molecule has 1 heterocycles. The zero-order valence-electron chi connectivity index (χ0n) is 10.9. The predicted molar refractivity (Wildman–Crippen MR) is 68.0 cm³/mol. The molecule has 5 heteroatoms. The molecular weight excluding hydrogens is 232 g/mol. The highest BCUT2D eigenvalue weighted by atomic mass is 16.5. The fourth-order valence-electron chi connectivity index (χ4n) is 2.11. The predicted octanol–water partition coefficient (Wildman–Crippen LogP) is 0.877. The van der Waals surface area contributed by atoms with Crippen LogP contribution in [0.4, 0.5) is 0 Å². The van der Waals surface area contributed by atoms with Crippen LogP contribution in [0.1, 0.15) is 17.3 Å². The van der Waals surface area contributed by atoms with Gasteiger partial charge in [0.25, 0.3) is 5.91 Å². The summed E-state index contributed by atoms with van der Waals surface area (Å²) in [7, 11) is 3.11. The van der Waals surface area contributed by atoms with Gasteiger partial charge in [0.2, 0.25) is 0 Å². The number of methoxy groups -OCH3 is 2. The third-order valence-corrected chi connectivity index (χ3v) is 3.03. The number of amides is 1. The Labute approximate surface area is 106 Å². The average molecular weight is 250 g/mol. The number of likely N-dealkylation sites (tertiary alicyclic amines) is 1. The van der Waals surface area contributed by atoms with Gasteiger partial charge in [-0.25, -0.2) is 0 Å². The Balaban J connectivity index is 2.20. The van der Waals surface area contributed by atoms with E-state index in [0.717, 1.165) is 0 Å². The Morgan fingerprint density at radius 2 is 2.00 bits per heavy atom. The Morgan fingerprint density at radius 3 is 2.50 bits per heavy atom. The summed E-state index contributed by atoms with van der Waals surface area (Å²) in [6.45, 7) is 3.07. The molecule has 0 atom stereocenters. The minimum Gasteiger partial charge on any atom is -0.497 e. The van der Waals surface area contributed by atoms with Crippen molar-refractivity contribution in [3.63, 3.8) is 0 Å². The van der Waals surface area contributed by atoms with Crippen LogP contribution in [0.5, 0.6) is 11.5 Å². The lowest BCUT2D eigenvalue weighted by Crippen LogP contribution is -2.66. The van der Waals surface area contributed by atoms with E-state index in [2.05, 4.69) is 0 Å². The number of hydrogen-bond donors (Lipinski definition) is 1. The molecule has 1 aromatic carbocycles. The summed E-state index contributed by atoms with van der Waals surface area (Å²) in [5, 5.41) is 0. The minimum atomic E-state index is -0.268. The molecule has 1 amide bonds. The number of carbonyl (C=O) groups is 1. The maximum Gasteiger partial charge on any atom is 0.257 e. The van der Waals surface area contributed by atoms with Gasteiger partial charge in [-0.1, -0.05) is 0 Å². The quantitative estimate of drug-likeness (QED) is 0.864. The van der Waals surface area contributed by atoms with E-state index in [1.54, 1.807) is 30.2 Å². The number of rotatable bonds is 3. The number of hydrogen-bond acceptors (Lipinski definition) is 4. The highest BCUT2D eigenvalue weighted by molar-refractivity contribution is 5.97. The summed E-state index contributed by atoms with van der Waals surface area (Å²) in [6, 6.07) is 5.16. The molecule has 18 heavy (non-hydrogen) atoms. The second-order valence-corrected chi connectivity index (χ2v) is 4.88. The lowest BCUT2D eigenvalue weighted by atomic mass is 9.93. The molecule has 0 aliphatic carbocycles. The van der Waals surface area contributed by atoms with Crippen LogP contribution in [0.3, 0.4) is 0 Å². The highest BCUT2D eigenvalue weighted by Crippen LogP contribution is 2.28. The number of benzene rings is 1. The molecular formula is C13H18N2O3. The van der Waals surface area contributed by atoms with E-state index >= 15 is 0 Å². The Kier molecular flexibility index (Phi) is 3.17. The van der Waals surface area contributed by atoms with E-state index < -0.39 is 0 Å². The summed E-state index contributed by atoms with van der Waals surface area (Å²) in [5.74, 6) is 1.12. The molecule has 0 radical (unpaired) electrons. The first-order valence-electron chi connectivity index (χ1n) is 5.77. The number of carbonyl (C=O) groups excluding carboxylic acids is 1. The van der Waals surface area contributed by atoms with Crippen molar-refractivity contribution in [2.75, 3.05) is 27.3 Å². The summed E-state index contributed by atoms with van der Waals surface area (Å²) < 4.78 is 10.3. The van der Waals surface area contributed by atoms with E-state index in [1.807, 2.05) is 6.92 Å². The van der Waals surface area contributed by atoms with Crippen LogP contribution in [0, 0.1) is 0 Å². The summed E-state index contributed by atoms with van der Waals surface area (Å²) in [4.78, 5) is 14.0. The van der Waals surface area contributed by atoms with Gasteiger partial charge in [-0.05, 0) is 19.1 Å². The zero-order valence-corrected chi connectivity index (χ0v) is 10.9. The standard InChI is InChI=1S/C13H18N2O3/c1-13(14)7-15(8-13)12(16)10-5-4-9(17-2)6-11(10)18-3/h4-6H,7-8,14H2,1-3H3. The molecule has 98 valence electrons. The fraction of sp³-hybridized carbons (Fsp3) is 0.462. The maximum absolute atomic E-state index is 12.2. The topological polar surface area (TPSA) is 64.8 Å². The van der Waals surface area contributed by atoms with Gasteiger partial charge in [0.15, 0.2) is 0 Å². The lowest BCUT2D eigenvalue weighted by molar-refractivity contribution is 0.0450. The molecule has 0 aromatic heterocycles. The van der Waals surface area contributed by atoms with Crippen LogP contribution < -0.4 is 15.2 Å². The molecule has 1 saturated heterocycles. The zero-order chi connectivity index (χ0) is 13.3. The van der Waals surface area contributed by atoms with Crippen molar-refractivity contribution < 1.29 is 14.3 Å². The van der Waals surface area contributed by atoms with Crippen molar-refractivity contribution >= 4 is 5.91 Å². The molecule has 0 saturated carbocycles. The van der Waals surface area contributed by atoms with E-state index in [1.165, 1.54) is 7.11 Å². The van der Waals surface area contributed by atoms with Gasteiger partial charge in [-0.3, -0.25) is 4.79 Å². The molecule has 1 fully saturated rings. The van der Waals surface area contributed by atoms with Gasteiger partial charge in [-0.15, -0.1) is 0 Å². The van der Waals surface area contributed by atoms with Crippen molar-refractivity contribution in [1.29, 1.82) is 0 Å². The molecule has 2 rings (SSSR count). The van der Waals surface area contributed by atoms with Gasteiger partial charge in [0.1, 0.15) is 11.5 Å². The van der Waals surface area contributed by atoms with E-state index in [4.69, 9.17) is 15.2 Å². The van der Waals surface area contributed by atoms with E-state index in [0.29, 0.717) is 30.2 Å². The van der Waals surface area contributed by atoms with Crippen LogP contribution in [-0.4, -0.2) is 43.7 Å². The van der Waals surface area contributed by atoms with E-state index in [-0.39, 0.29) is 11.4 Å². The van der Waals surface area contributed by atoms with Crippen molar-refractivity contribution in [1.82, 2.24) is 4.90 Å². The Hall–Kier alpha value is -1.75. The van der Waals surface area contributed by atoms with Gasteiger partial charge in [0.05, 0.1) is 19.8 Å². The first kappa shape index (κ1) is 12.7. The number of ether oxygens (including phenoxy) is 2. The Morgan fingerprint density at radius 1 is 1.33 bits per heavy atom. The maximum atomic E-state index is 12.2. The third-order valence-electron chi connectivity index (χ3n) is 3.03. The third kappa shape index (κ3) is 2.26. The van der Waals surface area contributed by atoms with Crippen LogP contribution in [0.2, 0.25) is 0 Å². The molecule has 0 bridgehead atoms. The smallest absolute Gasteiger partial charge is 0.257 e. The molecule has 0 spiro atoms. The molecule has 5 nitrogen and oxygen atoms in total.